The Bertz CT molecular complexity index is 579. The van der Waals surface area contributed by atoms with Crippen molar-refractivity contribution >= 4 is 0 Å². The Morgan fingerprint density at radius 2 is 2.15 bits per heavy atom. The highest BCUT2D eigenvalue weighted by Gasteiger charge is 2.37. The highest BCUT2D eigenvalue weighted by Crippen LogP contribution is 2.33. The van der Waals surface area contributed by atoms with Crippen molar-refractivity contribution in [3.8, 4) is 11.8 Å². The van der Waals surface area contributed by atoms with Crippen LogP contribution in [-0.4, -0.2) is 45.8 Å². The summed E-state index contributed by atoms with van der Waals surface area (Å²) in [5, 5.41) is 30.6. The number of hydrogen-bond donors (Lipinski definition) is 3. The van der Waals surface area contributed by atoms with Crippen LogP contribution >= 0.6 is 0 Å². The number of allylic oxidation sites excluding steroid dienone is 1. The molecule has 0 radical (unpaired) electrons. The SMILES string of the molecule is CC#CC(O)(CC=C(C)C)C(C)CCC[C@]1(C)OC/C(=C/CO)CC[C@H]1O. The summed E-state index contributed by atoms with van der Waals surface area (Å²) >= 11 is 0. The topological polar surface area (TPSA) is 69.9 Å². The summed E-state index contributed by atoms with van der Waals surface area (Å²) in [6, 6.07) is 0. The number of rotatable bonds is 8. The summed E-state index contributed by atoms with van der Waals surface area (Å²) in [5.74, 6) is 5.90. The van der Waals surface area contributed by atoms with E-state index in [0.717, 1.165) is 31.3 Å². The fraction of sp³-hybridized carbons (Fsp3) is 0.739. The molecule has 1 aliphatic heterocycles. The molecule has 0 amide bonds. The standard InChI is InChI=1S/C23H38O4/c1-6-13-23(26,15-11-18(2)3)19(4)8-7-14-22(5)21(25)10-9-20(12-16-24)17-27-22/h11-12,19,21,24-26H,7-10,14-17H2,1-5H3/b20-12+/t19?,21-,22+,23?/m1/s1. The van der Waals surface area contributed by atoms with Crippen LogP contribution in [0.5, 0.6) is 0 Å². The van der Waals surface area contributed by atoms with Crippen molar-refractivity contribution < 1.29 is 20.1 Å². The van der Waals surface area contributed by atoms with Crippen LogP contribution in [0.1, 0.15) is 73.1 Å². The molecule has 1 aliphatic rings. The van der Waals surface area contributed by atoms with E-state index in [4.69, 9.17) is 9.84 Å². The molecule has 4 atom stereocenters. The summed E-state index contributed by atoms with van der Waals surface area (Å²) in [5.41, 5.74) is 0.599. The van der Waals surface area contributed by atoms with Crippen LogP contribution < -0.4 is 0 Å². The molecule has 154 valence electrons. The van der Waals surface area contributed by atoms with Crippen molar-refractivity contribution in [2.75, 3.05) is 13.2 Å². The van der Waals surface area contributed by atoms with E-state index >= 15 is 0 Å². The fourth-order valence-electron chi connectivity index (χ4n) is 3.53. The van der Waals surface area contributed by atoms with Gasteiger partial charge < -0.3 is 20.1 Å². The van der Waals surface area contributed by atoms with Crippen LogP contribution in [-0.2, 0) is 4.74 Å². The van der Waals surface area contributed by atoms with E-state index in [-0.39, 0.29) is 12.5 Å². The average Bonchev–Trinajstić information content (AvgIpc) is 2.74. The normalized spacial score (nSPS) is 27.9. The quantitative estimate of drug-likeness (QED) is 0.444. The molecular formula is C23H38O4. The van der Waals surface area contributed by atoms with E-state index in [1.54, 1.807) is 13.0 Å². The van der Waals surface area contributed by atoms with E-state index < -0.39 is 17.3 Å². The van der Waals surface area contributed by atoms with E-state index in [0.29, 0.717) is 19.4 Å². The molecular weight excluding hydrogens is 340 g/mol. The van der Waals surface area contributed by atoms with Gasteiger partial charge in [0.1, 0.15) is 5.60 Å². The molecule has 0 aromatic heterocycles. The first-order valence-electron chi connectivity index (χ1n) is 10.1. The number of aliphatic hydroxyl groups excluding tert-OH is 2. The molecule has 0 aromatic rings. The van der Waals surface area contributed by atoms with Crippen LogP contribution in [0, 0.1) is 17.8 Å². The minimum atomic E-state index is -1.02. The number of aliphatic hydroxyl groups is 3. The summed E-state index contributed by atoms with van der Waals surface area (Å²) in [4.78, 5) is 0. The molecule has 4 nitrogen and oxygen atoms in total. The molecule has 1 saturated heterocycles. The zero-order valence-electron chi connectivity index (χ0n) is 17.7. The second-order valence-corrected chi connectivity index (χ2v) is 8.28. The van der Waals surface area contributed by atoms with Crippen LogP contribution in [0.4, 0.5) is 0 Å². The molecule has 27 heavy (non-hydrogen) atoms. The first-order valence-corrected chi connectivity index (χ1v) is 10.1. The molecule has 0 spiro atoms. The third-order valence-corrected chi connectivity index (χ3v) is 5.70. The maximum atomic E-state index is 11.0. The van der Waals surface area contributed by atoms with Crippen LogP contribution in [0.15, 0.2) is 23.3 Å². The van der Waals surface area contributed by atoms with Crippen molar-refractivity contribution in [1.82, 2.24) is 0 Å². The second-order valence-electron chi connectivity index (χ2n) is 8.28. The Hall–Kier alpha value is -1.12. The van der Waals surface area contributed by atoms with Gasteiger partial charge in [0.25, 0.3) is 0 Å². The van der Waals surface area contributed by atoms with E-state index in [9.17, 15) is 10.2 Å². The van der Waals surface area contributed by atoms with Crippen molar-refractivity contribution in [3.63, 3.8) is 0 Å². The molecule has 1 rings (SSSR count). The second kappa shape index (κ2) is 11.0. The van der Waals surface area contributed by atoms with Gasteiger partial charge in [0.2, 0.25) is 0 Å². The summed E-state index contributed by atoms with van der Waals surface area (Å²) in [7, 11) is 0. The van der Waals surface area contributed by atoms with Gasteiger partial charge in [-0.2, -0.15) is 0 Å². The van der Waals surface area contributed by atoms with Gasteiger partial charge in [-0.15, -0.1) is 5.92 Å². The maximum Gasteiger partial charge on any atom is 0.131 e. The third kappa shape index (κ3) is 7.43. The summed E-state index contributed by atoms with van der Waals surface area (Å²) < 4.78 is 6.03. The fourth-order valence-corrected chi connectivity index (χ4v) is 3.53. The molecule has 0 aromatic carbocycles. The van der Waals surface area contributed by atoms with Crippen molar-refractivity contribution in [1.29, 1.82) is 0 Å². The molecule has 1 fully saturated rings. The molecule has 2 unspecified atom stereocenters. The minimum Gasteiger partial charge on any atom is -0.392 e. The van der Waals surface area contributed by atoms with Crippen molar-refractivity contribution in [2.24, 2.45) is 5.92 Å². The lowest BCUT2D eigenvalue weighted by atomic mass is 9.80. The predicted octanol–water partition coefficient (Wildman–Crippen LogP) is 3.75. The van der Waals surface area contributed by atoms with Gasteiger partial charge in [0, 0.05) is 6.42 Å². The van der Waals surface area contributed by atoms with Gasteiger partial charge in [0.05, 0.1) is 24.9 Å². The van der Waals surface area contributed by atoms with Crippen molar-refractivity contribution in [2.45, 2.75) is 90.4 Å². The predicted molar refractivity (Wildman–Crippen MR) is 110 cm³/mol. The number of ether oxygens (including phenoxy) is 1. The Morgan fingerprint density at radius 3 is 2.74 bits per heavy atom. The highest BCUT2D eigenvalue weighted by atomic mass is 16.5. The zero-order valence-corrected chi connectivity index (χ0v) is 17.7. The van der Waals surface area contributed by atoms with Crippen LogP contribution in [0.2, 0.25) is 0 Å². The minimum absolute atomic E-state index is 0.00570. The van der Waals surface area contributed by atoms with E-state index in [1.165, 1.54) is 5.57 Å². The molecule has 0 aliphatic carbocycles. The molecule has 3 N–H and O–H groups in total. The molecule has 0 saturated carbocycles. The average molecular weight is 379 g/mol. The first-order chi connectivity index (χ1) is 12.7. The Labute approximate surface area is 165 Å². The summed E-state index contributed by atoms with van der Waals surface area (Å²) in [6.07, 6.45) is 7.58. The molecule has 4 heteroatoms. The molecule has 0 bridgehead atoms. The van der Waals surface area contributed by atoms with Crippen molar-refractivity contribution in [3.05, 3.63) is 23.3 Å². The lowest BCUT2D eigenvalue weighted by Gasteiger charge is -2.34. The van der Waals surface area contributed by atoms with Gasteiger partial charge in [0.15, 0.2) is 0 Å². The summed E-state index contributed by atoms with van der Waals surface area (Å²) in [6.45, 7) is 10.3. The monoisotopic (exact) mass is 378 g/mol. The third-order valence-electron chi connectivity index (χ3n) is 5.70. The molecule has 1 heterocycles. The Balaban J connectivity index is 2.68. The lowest BCUT2D eigenvalue weighted by Crippen LogP contribution is -2.41. The maximum absolute atomic E-state index is 11.0. The zero-order chi connectivity index (χ0) is 20.5. The first kappa shape index (κ1) is 23.9. The van der Waals surface area contributed by atoms with Gasteiger partial charge in [-0.1, -0.05) is 37.0 Å². The van der Waals surface area contributed by atoms with E-state index in [1.807, 2.05) is 33.8 Å². The Morgan fingerprint density at radius 1 is 1.44 bits per heavy atom. The Kier molecular flexibility index (Phi) is 9.76. The van der Waals surface area contributed by atoms with Gasteiger partial charge >= 0.3 is 0 Å². The lowest BCUT2D eigenvalue weighted by molar-refractivity contribution is -0.105. The van der Waals surface area contributed by atoms with Gasteiger partial charge in [-0.3, -0.25) is 0 Å². The van der Waals surface area contributed by atoms with Gasteiger partial charge in [-0.05, 0) is 64.9 Å². The highest BCUT2D eigenvalue weighted by molar-refractivity contribution is 5.17. The van der Waals surface area contributed by atoms with E-state index in [2.05, 4.69) is 11.8 Å². The smallest absolute Gasteiger partial charge is 0.131 e. The number of hydrogen-bond acceptors (Lipinski definition) is 4. The van der Waals surface area contributed by atoms with Crippen LogP contribution in [0.25, 0.3) is 0 Å². The van der Waals surface area contributed by atoms with Gasteiger partial charge in [-0.25, -0.2) is 0 Å². The van der Waals surface area contributed by atoms with Crippen LogP contribution in [0.3, 0.4) is 0 Å². The largest absolute Gasteiger partial charge is 0.392 e.